The molecule has 3 heterocycles. The molecule has 0 atom stereocenters. The van der Waals surface area contributed by atoms with Gasteiger partial charge in [-0.2, -0.15) is 9.97 Å². The summed E-state index contributed by atoms with van der Waals surface area (Å²) in [6, 6.07) is 3.35. The number of ether oxygens (including phenoxy) is 3. The van der Waals surface area contributed by atoms with Crippen LogP contribution in [0.1, 0.15) is 5.69 Å². The average Bonchev–Trinajstić information content (AvgIpc) is 3.09. The topological polar surface area (TPSA) is 128 Å². The highest BCUT2D eigenvalue weighted by Gasteiger charge is 2.24. The van der Waals surface area contributed by atoms with Crippen molar-refractivity contribution in [1.82, 2.24) is 19.9 Å². The van der Waals surface area contributed by atoms with E-state index in [0.29, 0.717) is 11.0 Å². The fraction of sp³-hybridized carbons (Fsp3) is 0.312. The number of pyridine rings is 1. The third-order valence-electron chi connectivity index (χ3n) is 3.67. The van der Waals surface area contributed by atoms with Gasteiger partial charge in [0.1, 0.15) is 23.8 Å². The predicted molar refractivity (Wildman–Crippen MR) is 98.2 cm³/mol. The summed E-state index contributed by atoms with van der Waals surface area (Å²) in [4.78, 5) is 15.0. The van der Waals surface area contributed by atoms with Gasteiger partial charge in [0.25, 0.3) is 21.8 Å². The van der Waals surface area contributed by atoms with Gasteiger partial charge in [0.2, 0.25) is 11.7 Å². The first-order valence-corrected chi connectivity index (χ1v) is 9.54. The number of anilines is 1. The number of nitrogens with zero attached hydrogens (tertiary/aromatic N) is 3. The van der Waals surface area contributed by atoms with Gasteiger partial charge in [-0.25, -0.2) is 22.5 Å². The molecule has 12 heteroatoms. The third kappa shape index (κ3) is 3.76. The quantitative estimate of drug-likeness (QED) is 0.574. The lowest BCUT2D eigenvalue weighted by Gasteiger charge is -2.14. The Hall–Kier alpha value is -3.15. The molecule has 10 nitrogen and oxygen atoms in total. The Kier molecular flexibility index (Phi) is 5.49. The number of aromatic amines is 1. The smallest absolute Gasteiger partial charge is 0.266 e. The van der Waals surface area contributed by atoms with Crippen LogP contribution in [0, 0.1) is 6.92 Å². The summed E-state index contributed by atoms with van der Waals surface area (Å²) in [5, 5.41) is 0.417. The number of fused-ring (bicyclic) bond motifs is 1. The fourth-order valence-corrected chi connectivity index (χ4v) is 3.58. The minimum atomic E-state index is -4.05. The van der Waals surface area contributed by atoms with Crippen molar-refractivity contribution in [3.05, 3.63) is 24.0 Å². The highest BCUT2D eigenvalue weighted by molar-refractivity contribution is 7.93. The molecule has 0 aromatic carbocycles. The third-order valence-corrected chi connectivity index (χ3v) is 5.04. The van der Waals surface area contributed by atoms with Crippen LogP contribution >= 0.6 is 0 Å². The van der Waals surface area contributed by atoms with E-state index in [1.165, 1.54) is 20.4 Å². The number of sulfonamides is 1. The normalized spacial score (nSPS) is 11.4. The maximum atomic E-state index is 12.8. The van der Waals surface area contributed by atoms with Crippen molar-refractivity contribution in [3.63, 3.8) is 0 Å². The predicted octanol–water partition coefficient (Wildman–Crippen LogP) is 1.83. The van der Waals surface area contributed by atoms with Crippen LogP contribution in [0.3, 0.4) is 0 Å². The number of methoxy groups -OCH3 is 2. The molecule has 2 N–H and O–H groups in total. The number of aromatic nitrogens is 4. The number of alkyl halides is 1. The maximum Gasteiger partial charge on any atom is 0.266 e. The zero-order chi connectivity index (χ0) is 20.3. The molecule has 0 radical (unpaired) electrons. The second-order valence-corrected chi connectivity index (χ2v) is 7.19. The van der Waals surface area contributed by atoms with Gasteiger partial charge >= 0.3 is 0 Å². The molecule has 0 bridgehead atoms. The molecule has 0 aliphatic carbocycles. The molecule has 3 aromatic rings. The van der Waals surface area contributed by atoms with Crippen molar-refractivity contribution in [2.45, 2.75) is 11.8 Å². The van der Waals surface area contributed by atoms with E-state index < -0.39 is 16.7 Å². The summed E-state index contributed by atoms with van der Waals surface area (Å²) in [5.74, 6) is -0.531. The molecule has 0 fully saturated rings. The lowest BCUT2D eigenvalue weighted by molar-refractivity contribution is 0.240. The first kappa shape index (κ1) is 19.6. The summed E-state index contributed by atoms with van der Waals surface area (Å²) in [6.07, 6.45) is 1.33. The van der Waals surface area contributed by atoms with Crippen LogP contribution in [-0.4, -0.2) is 55.9 Å². The molecule has 0 aliphatic heterocycles. The Morgan fingerprint density at radius 3 is 2.43 bits per heavy atom. The number of halogens is 1. The molecular weight excluding hydrogens is 393 g/mol. The Bertz CT molecular complexity index is 1080. The minimum Gasteiger partial charge on any atom is -0.481 e. The number of nitrogens with one attached hydrogen (secondary N) is 2. The molecule has 0 aliphatic rings. The molecule has 0 spiro atoms. The van der Waals surface area contributed by atoms with E-state index in [0.717, 1.165) is 5.69 Å². The molecular formula is C16H18FN5O5S. The number of hydrogen-bond acceptors (Lipinski definition) is 8. The van der Waals surface area contributed by atoms with Crippen LogP contribution in [0.5, 0.6) is 17.5 Å². The van der Waals surface area contributed by atoms with Crippen molar-refractivity contribution in [3.8, 4) is 17.5 Å². The molecule has 150 valence electrons. The van der Waals surface area contributed by atoms with E-state index >= 15 is 0 Å². The molecule has 0 saturated heterocycles. The monoisotopic (exact) mass is 411 g/mol. The van der Waals surface area contributed by atoms with Crippen molar-refractivity contribution in [1.29, 1.82) is 0 Å². The summed E-state index contributed by atoms with van der Waals surface area (Å²) < 4.78 is 55.7. The molecule has 3 rings (SSSR count). The highest BCUT2D eigenvalue weighted by Crippen LogP contribution is 2.35. The van der Waals surface area contributed by atoms with Crippen LogP contribution in [0.15, 0.2) is 23.2 Å². The number of aryl methyl sites for hydroxylation is 1. The van der Waals surface area contributed by atoms with Gasteiger partial charge in [0.15, 0.2) is 0 Å². The fourth-order valence-electron chi connectivity index (χ4n) is 2.47. The minimum absolute atomic E-state index is 0.0192. The van der Waals surface area contributed by atoms with Crippen LogP contribution < -0.4 is 18.9 Å². The summed E-state index contributed by atoms with van der Waals surface area (Å²) in [7, 11) is -1.44. The van der Waals surface area contributed by atoms with Gasteiger partial charge in [-0.05, 0) is 19.1 Å². The molecule has 28 heavy (non-hydrogen) atoms. The lowest BCUT2D eigenvalue weighted by Crippen LogP contribution is -2.16. The summed E-state index contributed by atoms with van der Waals surface area (Å²) in [6.45, 7) is 0.795. The lowest BCUT2D eigenvalue weighted by atomic mass is 10.3. The van der Waals surface area contributed by atoms with Crippen LogP contribution in [-0.2, 0) is 10.0 Å². The van der Waals surface area contributed by atoms with Crippen molar-refractivity contribution in [2.24, 2.45) is 0 Å². The van der Waals surface area contributed by atoms with Crippen LogP contribution in [0.2, 0.25) is 0 Å². The standard InChI is InChI=1S/C16H18FN5O5S/c1-9-4-5-10-11(8-18-13(10)19-9)28(23,24)22-16-20-14(25-2)12(27-7-6-17)15(21-16)26-3/h4-5,8H,6-7H2,1-3H3,(H,18,19)(H,20,21,22). The number of rotatable bonds is 8. The summed E-state index contributed by atoms with van der Waals surface area (Å²) in [5.41, 5.74) is 1.18. The molecule has 0 saturated carbocycles. The second-order valence-electron chi connectivity index (χ2n) is 5.54. The maximum absolute atomic E-state index is 12.8. The van der Waals surface area contributed by atoms with Gasteiger partial charge in [-0.15, -0.1) is 0 Å². The zero-order valence-electron chi connectivity index (χ0n) is 15.3. The van der Waals surface area contributed by atoms with Crippen molar-refractivity contribution in [2.75, 3.05) is 32.2 Å². The molecule has 0 unspecified atom stereocenters. The number of H-pyrrole nitrogens is 1. The van der Waals surface area contributed by atoms with E-state index in [-0.39, 0.29) is 35.0 Å². The van der Waals surface area contributed by atoms with E-state index in [1.807, 2.05) is 0 Å². The zero-order valence-corrected chi connectivity index (χ0v) is 16.1. The Balaban J connectivity index is 1.99. The first-order chi connectivity index (χ1) is 13.4. The number of hydrogen-bond donors (Lipinski definition) is 2. The van der Waals surface area contributed by atoms with Gasteiger partial charge in [-0.1, -0.05) is 0 Å². The van der Waals surface area contributed by atoms with Gasteiger partial charge in [-0.3, -0.25) is 0 Å². The Labute approximate surface area is 160 Å². The van der Waals surface area contributed by atoms with Crippen molar-refractivity contribution < 1.29 is 27.0 Å². The van der Waals surface area contributed by atoms with Gasteiger partial charge in [0.05, 0.1) is 14.2 Å². The molecule has 0 amide bonds. The summed E-state index contributed by atoms with van der Waals surface area (Å²) >= 11 is 0. The second kappa shape index (κ2) is 7.84. The SMILES string of the molecule is COc1nc(NS(=O)(=O)c2c[nH]c3nc(C)ccc23)nc(OC)c1OCCF. The average molecular weight is 411 g/mol. The van der Waals surface area contributed by atoms with Gasteiger partial charge < -0.3 is 19.2 Å². The highest BCUT2D eigenvalue weighted by atomic mass is 32.2. The van der Waals surface area contributed by atoms with E-state index in [9.17, 15) is 12.8 Å². The Morgan fingerprint density at radius 1 is 1.14 bits per heavy atom. The first-order valence-electron chi connectivity index (χ1n) is 8.06. The van der Waals surface area contributed by atoms with E-state index in [4.69, 9.17) is 14.2 Å². The van der Waals surface area contributed by atoms with Gasteiger partial charge in [0, 0.05) is 17.3 Å². The van der Waals surface area contributed by atoms with Crippen LogP contribution in [0.4, 0.5) is 10.3 Å². The van der Waals surface area contributed by atoms with E-state index in [1.54, 1.807) is 19.1 Å². The van der Waals surface area contributed by atoms with Crippen LogP contribution in [0.25, 0.3) is 11.0 Å². The van der Waals surface area contributed by atoms with E-state index in [2.05, 4.69) is 24.7 Å². The van der Waals surface area contributed by atoms with Crippen molar-refractivity contribution >= 4 is 27.0 Å². The Morgan fingerprint density at radius 2 is 1.82 bits per heavy atom. The largest absolute Gasteiger partial charge is 0.481 e. The molecule has 3 aromatic heterocycles.